The molecule has 6 nitrogen and oxygen atoms in total. The third-order valence-corrected chi connectivity index (χ3v) is 5.37. The summed E-state index contributed by atoms with van der Waals surface area (Å²) in [5.74, 6) is 1.79. The summed E-state index contributed by atoms with van der Waals surface area (Å²) < 4.78 is 1.93. The van der Waals surface area contributed by atoms with Gasteiger partial charge in [-0.1, -0.05) is 0 Å². The average molecular weight is 353 g/mol. The lowest BCUT2D eigenvalue weighted by Crippen LogP contribution is -2.49. The predicted molar refractivity (Wildman–Crippen MR) is 98.5 cm³/mol. The molecule has 0 bridgehead atoms. The van der Waals surface area contributed by atoms with E-state index in [1.54, 1.807) is 0 Å². The van der Waals surface area contributed by atoms with Gasteiger partial charge in [-0.3, -0.25) is 4.79 Å². The Morgan fingerprint density at radius 1 is 1.04 bits per heavy atom. The van der Waals surface area contributed by atoms with E-state index in [0.29, 0.717) is 13.1 Å². The van der Waals surface area contributed by atoms with Crippen molar-refractivity contribution in [1.82, 2.24) is 19.7 Å². The number of hydrogen-bond acceptors (Lipinski definition) is 5. The molecule has 0 N–H and O–H groups in total. The smallest absolute Gasteiger partial charge is 0.264 e. The van der Waals surface area contributed by atoms with Crippen molar-refractivity contribution < 1.29 is 4.79 Å². The second-order valence-electron chi connectivity index (χ2n) is 6.11. The van der Waals surface area contributed by atoms with Gasteiger partial charge in [-0.2, -0.15) is 0 Å². The van der Waals surface area contributed by atoms with E-state index in [1.165, 1.54) is 11.3 Å². The van der Waals surface area contributed by atoms with E-state index in [9.17, 15) is 4.79 Å². The largest absolute Gasteiger partial charge is 0.352 e. The van der Waals surface area contributed by atoms with Gasteiger partial charge in [0.25, 0.3) is 5.91 Å². The summed E-state index contributed by atoms with van der Waals surface area (Å²) in [4.78, 5) is 17.4. The van der Waals surface area contributed by atoms with Crippen molar-refractivity contribution in [2.75, 3.05) is 31.1 Å². The third-order valence-electron chi connectivity index (χ3n) is 4.34. The van der Waals surface area contributed by atoms with Crippen molar-refractivity contribution in [2.24, 2.45) is 0 Å². The fourth-order valence-electron chi connectivity index (χ4n) is 2.95. The lowest BCUT2D eigenvalue weighted by molar-refractivity contribution is 0.0751. The van der Waals surface area contributed by atoms with E-state index >= 15 is 0 Å². The normalized spacial score (nSPS) is 14.8. The first-order chi connectivity index (χ1) is 12.2. The molecule has 0 aliphatic carbocycles. The first-order valence-electron chi connectivity index (χ1n) is 8.27. The summed E-state index contributed by atoms with van der Waals surface area (Å²) in [7, 11) is 0. The molecule has 25 heavy (non-hydrogen) atoms. The number of anilines is 1. The van der Waals surface area contributed by atoms with Crippen LogP contribution in [0, 0.1) is 6.92 Å². The Kier molecular flexibility index (Phi) is 4.23. The molecule has 3 aromatic rings. The molecule has 0 atom stereocenters. The number of hydrogen-bond donors (Lipinski definition) is 0. The van der Waals surface area contributed by atoms with E-state index in [-0.39, 0.29) is 5.91 Å². The number of thiophene rings is 1. The minimum absolute atomic E-state index is 0.131. The van der Waals surface area contributed by atoms with Gasteiger partial charge in [-0.05, 0) is 48.2 Å². The number of carbonyl (C=O) groups is 1. The van der Waals surface area contributed by atoms with Gasteiger partial charge in [-0.25, -0.2) is 0 Å². The molecule has 4 rings (SSSR count). The van der Waals surface area contributed by atoms with Gasteiger partial charge < -0.3 is 14.4 Å². The number of aryl methyl sites for hydroxylation is 1. The summed E-state index contributed by atoms with van der Waals surface area (Å²) in [5.41, 5.74) is 1.14. The lowest BCUT2D eigenvalue weighted by atomic mass is 10.2. The average Bonchev–Trinajstić information content (AvgIpc) is 3.33. The van der Waals surface area contributed by atoms with E-state index in [0.717, 1.165) is 35.2 Å². The lowest BCUT2D eigenvalue weighted by Gasteiger charge is -2.35. The first kappa shape index (κ1) is 15.8. The molecule has 0 aromatic carbocycles. The van der Waals surface area contributed by atoms with Crippen molar-refractivity contribution in [3.63, 3.8) is 0 Å². The third kappa shape index (κ3) is 3.28. The molecule has 3 aromatic heterocycles. The molecule has 128 valence electrons. The van der Waals surface area contributed by atoms with Crippen LogP contribution in [-0.2, 0) is 0 Å². The number of amides is 1. The molecular weight excluding hydrogens is 334 g/mol. The Balaban J connectivity index is 1.39. The topological polar surface area (TPSA) is 54.3 Å². The van der Waals surface area contributed by atoms with Gasteiger partial charge in [-0.15, -0.1) is 21.5 Å². The van der Waals surface area contributed by atoms with Gasteiger partial charge >= 0.3 is 0 Å². The molecule has 1 fully saturated rings. The van der Waals surface area contributed by atoms with Crippen LogP contribution in [0.4, 0.5) is 5.82 Å². The molecule has 0 unspecified atom stereocenters. The number of aromatic nitrogens is 3. The highest BCUT2D eigenvalue weighted by molar-refractivity contribution is 7.12. The number of piperazine rings is 1. The van der Waals surface area contributed by atoms with Crippen LogP contribution in [0.15, 0.2) is 48.1 Å². The first-order valence-corrected chi connectivity index (χ1v) is 9.15. The molecular formula is C18H19N5OS. The van der Waals surface area contributed by atoms with Gasteiger partial charge in [0, 0.05) is 38.6 Å². The zero-order valence-corrected chi connectivity index (χ0v) is 14.8. The summed E-state index contributed by atoms with van der Waals surface area (Å²) in [6.45, 7) is 4.97. The SMILES string of the molecule is Cc1csc(C(=O)N2CCN(c3ccc(-n4cccc4)nn3)CC2)c1. The molecule has 1 aliphatic heterocycles. The minimum atomic E-state index is 0.131. The maximum Gasteiger partial charge on any atom is 0.264 e. The Bertz CT molecular complexity index is 848. The van der Waals surface area contributed by atoms with Crippen molar-refractivity contribution in [1.29, 1.82) is 0 Å². The monoisotopic (exact) mass is 353 g/mol. The van der Waals surface area contributed by atoms with Crippen molar-refractivity contribution in [3.05, 3.63) is 58.5 Å². The highest BCUT2D eigenvalue weighted by Crippen LogP contribution is 2.19. The van der Waals surface area contributed by atoms with Crippen LogP contribution in [-0.4, -0.2) is 51.8 Å². The summed E-state index contributed by atoms with van der Waals surface area (Å²) in [5, 5.41) is 10.7. The molecule has 0 saturated carbocycles. The fourth-order valence-corrected chi connectivity index (χ4v) is 3.81. The van der Waals surface area contributed by atoms with Crippen LogP contribution < -0.4 is 4.90 Å². The minimum Gasteiger partial charge on any atom is -0.352 e. The number of nitrogens with zero attached hydrogens (tertiary/aromatic N) is 5. The van der Waals surface area contributed by atoms with Crippen LogP contribution in [0.25, 0.3) is 5.82 Å². The maximum atomic E-state index is 12.5. The second kappa shape index (κ2) is 6.68. The number of rotatable bonds is 3. The highest BCUT2D eigenvalue weighted by atomic mass is 32.1. The molecule has 4 heterocycles. The highest BCUT2D eigenvalue weighted by Gasteiger charge is 2.23. The Labute approximate surface area is 150 Å². The summed E-state index contributed by atoms with van der Waals surface area (Å²) in [6, 6.07) is 9.84. The van der Waals surface area contributed by atoms with Crippen LogP contribution >= 0.6 is 11.3 Å². The quantitative estimate of drug-likeness (QED) is 0.726. The van der Waals surface area contributed by atoms with Crippen molar-refractivity contribution in [2.45, 2.75) is 6.92 Å². The van der Waals surface area contributed by atoms with Crippen LogP contribution in [0.1, 0.15) is 15.2 Å². The molecule has 1 saturated heterocycles. The Morgan fingerprint density at radius 3 is 2.32 bits per heavy atom. The Morgan fingerprint density at radius 2 is 1.72 bits per heavy atom. The summed E-state index contributed by atoms with van der Waals surface area (Å²) >= 11 is 1.52. The van der Waals surface area contributed by atoms with E-state index in [4.69, 9.17) is 0 Å². The zero-order valence-electron chi connectivity index (χ0n) is 14.0. The van der Waals surface area contributed by atoms with Crippen molar-refractivity contribution >= 4 is 23.1 Å². The molecule has 7 heteroatoms. The zero-order chi connectivity index (χ0) is 17.2. The van der Waals surface area contributed by atoms with E-state index < -0.39 is 0 Å². The van der Waals surface area contributed by atoms with Crippen LogP contribution in [0.2, 0.25) is 0 Å². The van der Waals surface area contributed by atoms with Gasteiger partial charge in [0.15, 0.2) is 11.6 Å². The van der Waals surface area contributed by atoms with Crippen LogP contribution in [0.5, 0.6) is 0 Å². The van der Waals surface area contributed by atoms with Crippen molar-refractivity contribution in [3.8, 4) is 5.82 Å². The molecule has 0 spiro atoms. The van der Waals surface area contributed by atoms with E-state index in [1.807, 2.05) is 64.5 Å². The van der Waals surface area contributed by atoms with E-state index in [2.05, 4.69) is 15.1 Å². The van der Waals surface area contributed by atoms with Gasteiger partial charge in [0.05, 0.1) is 4.88 Å². The predicted octanol–water partition coefficient (Wildman–Crippen LogP) is 2.60. The van der Waals surface area contributed by atoms with Gasteiger partial charge in [0.1, 0.15) is 0 Å². The second-order valence-corrected chi connectivity index (χ2v) is 7.02. The molecule has 0 radical (unpaired) electrons. The maximum absolute atomic E-state index is 12.5. The molecule has 1 aliphatic rings. The number of carbonyl (C=O) groups excluding carboxylic acids is 1. The molecule has 1 amide bonds. The van der Waals surface area contributed by atoms with Gasteiger partial charge in [0.2, 0.25) is 0 Å². The standard InChI is InChI=1S/C18H19N5OS/c1-14-12-15(25-13-14)18(24)23-10-8-22(9-11-23)17-5-4-16(19-20-17)21-6-2-3-7-21/h2-7,12-13H,8-11H2,1H3. The van der Waals surface area contributed by atoms with Crippen LogP contribution in [0.3, 0.4) is 0 Å². The Hall–Kier alpha value is -2.67. The fraction of sp³-hybridized carbons (Fsp3) is 0.278. The summed E-state index contributed by atoms with van der Waals surface area (Å²) in [6.07, 6.45) is 3.89.